The molecule has 1 nitrogen and oxygen atoms in total. The van der Waals surface area contributed by atoms with E-state index in [1.54, 1.807) is 7.11 Å². The van der Waals surface area contributed by atoms with Crippen molar-refractivity contribution in [1.82, 2.24) is 0 Å². The zero-order valence-electron chi connectivity index (χ0n) is 14.4. The van der Waals surface area contributed by atoms with Gasteiger partial charge in [-0.1, -0.05) is 31.6 Å². The van der Waals surface area contributed by atoms with Gasteiger partial charge in [-0.15, -0.1) is 0 Å². The fourth-order valence-electron chi connectivity index (χ4n) is 5.43. The normalized spacial score (nSPS) is 43.3. The highest BCUT2D eigenvalue weighted by Crippen LogP contribution is 2.53. The number of hydrogen-bond donors (Lipinski definition) is 0. The molecule has 2 fully saturated rings. The minimum atomic E-state index is 0.868. The Kier molecular flexibility index (Phi) is 5.10. The van der Waals surface area contributed by atoms with Crippen molar-refractivity contribution in [3.63, 3.8) is 0 Å². The Morgan fingerprint density at radius 1 is 1.00 bits per heavy atom. The lowest BCUT2D eigenvalue weighted by molar-refractivity contribution is 0.0874. The van der Waals surface area contributed by atoms with E-state index in [0.29, 0.717) is 0 Å². The quantitative estimate of drug-likeness (QED) is 0.586. The van der Waals surface area contributed by atoms with Crippen LogP contribution in [0.3, 0.4) is 0 Å². The molecule has 4 unspecified atom stereocenters. The number of allylic oxidation sites excluding steroid dienone is 4. The van der Waals surface area contributed by atoms with E-state index in [1.807, 2.05) is 0 Å². The van der Waals surface area contributed by atoms with Gasteiger partial charge in [-0.3, -0.25) is 0 Å². The highest BCUT2D eigenvalue weighted by atomic mass is 16.5. The predicted molar refractivity (Wildman–Crippen MR) is 93.4 cm³/mol. The minimum absolute atomic E-state index is 0.868. The van der Waals surface area contributed by atoms with Gasteiger partial charge in [0.1, 0.15) is 5.76 Å². The van der Waals surface area contributed by atoms with Crippen LogP contribution in [0, 0.1) is 29.6 Å². The Labute approximate surface area is 136 Å². The molecule has 3 rings (SSSR count). The molecule has 0 aromatic heterocycles. The Morgan fingerprint density at radius 2 is 1.82 bits per heavy atom. The van der Waals surface area contributed by atoms with Gasteiger partial charge in [-0.05, 0) is 86.7 Å². The number of methoxy groups -OCH3 is 1. The van der Waals surface area contributed by atoms with Gasteiger partial charge in [-0.25, -0.2) is 0 Å². The van der Waals surface area contributed by atoms with Crippen LogP contribution in [-0.2, 0) is 4.74 Å². The third-order valence-electron chi connectivity index (χ3n) is 6.59. The van der Waals surface area contributed by atoms with Crippen molar-refractivity contribution in [3.05, 3.63) is 36.1 Å². The van der Waals surface area contributed by atoms with Crippen LogP contribution < -0.4 is 0 Å². The van der Waals surface area contributed by atoms with E-state index in [1.165, 1.54) is 50.5 Å². The molecule has 0 saturated heterocycles. The highest BCUT2D eigenvalue weighted by Gasteiger charge is 2.43. The zero-order valence-corrected chi connectivity index (χ0v) is 14.4. The fourth-order valence-corrected chi connectivity index (χ4v) is 5.43. The summed E-state index contributed by atoms with van der Waals surface area (Å²) in [7, 11) is 1.77. The lowest BCUT2D eigenvalue weighted by Crippen LogP contribution is -2.33. The van der Waals surface area contributed by atoms with Gasteiger partial charge in [0, 0.05) is 0 Å². The second-order valence-corrected chi connectivity index (χ2v) is 7.82. The van der Waals surface area contributed by atoms with Crippen molar-refractivity contribution < 1.29 is 4.74 Å². The third kappa shape index (κ3) is 3.34. The topological polar surface area (TPSA) is 9.23 Å². The van der Waals surface area contributed by atoms with Crippen LogP contribution in [-0.4, -0.2) is 7.11 Å². The molecule has 0 N–H and O–H groups in total. The largest absolute Gasteiger partial charge is 0.497 e. The van der Waals surface area contributed by atoms with E-state index in [-0.39, 0.29) is 0 Å². The summed E-state index contributed by atoms with van der Waals surface area (Å²) >= 11 is 0. The maximum Gasteiger partial charge on any atom is 0.114 e. The van der Waals surface area contributed by atoms with Crippen molar-refractivity contribution in [2.75, 3.05) is 7.11 Å². The first-order valence-electron chi connectivity index (χ1n) is 9.29. The first kappa shape index (κ1) is 15.9. The molecule has 0 amide bonds. The lowest BCUT2D eigenvalue weighted by Gasteiger charge is -2.42. The number of hydrogen-bond acceptors (Lipinski definition) is 1. The Balaban J connectivity index is 1.77. The van der Waals surface area contributed by atoms with Crippen molar-refractivity contribution in [2.24, 2.45) is 29.6 Å². The highest BCUT2D eigenvalue weighted by molar-refractivity contribution is 5.23. The second kappa shape index (κ2) is 7.06. The standard InChI is InChI=1S/C21H32O/c1-15-8-11-18(22-3)6-4-5-7-20-17(14-15)10-13-19-16(2)9-12-21(19)20/h6,8,11,16-17,19-21H,1,4-5,7,9-10,12-14H2,2-3H3/b11-8-,18-6+/t16-,17?,19?,20?,21?/m0/s1. The molecular weight excluding hydrogens is 268 g/mol. The average molecular weight is 300 g/mol. The summed E-state index contributed by atoms with van der Waals surface area (Å²) in [4.78, 5) is 0. The molecule has 0 radical (unpaired) electrons. The number of fused-ring (bicyclic) bond motifs is 3. The number of rotatable bonds is 1. The van der Waals surface area contributed by atoms with Crippen molar-refractivity contribution in [2.45, 2.75) is 58.3 Å². The molecular formula is C21H32O. The summed E-state index contributed by atoms with van der Waals surface area (Å²) in [5, 5.41) is 0. The number of ether oxygens (including phenoxy) is 1. The van der Waals surface area contributed by atoms with E-state index in [9.17, 15) is 0 Å². The average Bonchev–Trinajstić information content (AvgIpc) is 2.87. The van der Waals surface area contributed by atoms with Crippen molar-refractivity contribution in [1.29, 1.82) is 0 Å². The summed E-state index contributed by atoms with van der Waals surface area (Å²) < 4.78 is 5.45. The molecule has 2 saturated carbocycles. The molecule has 3 aliphatic carbocycles. The Morgan fingerprint density at radius 3 is 2.64 bits per heavy atom. The molecule has 5 atom stereocenters. The molecule has 1 heteroatoms. The van der Waals surface area contributed by atoms with Gasteiger partial charge in [0.05, 0.1) is 7.11 Å². The molecule has 0 aliphatic heterocycles. The van der Waals surface area contributed by atoms with Gasteiger partial charge >= 0.3 is 0 Å². The zero-order chi connectivity index (χ0) is 15.5. The Hall–Kier alpha value is -0.980. The monoisotopic (exact) mass is 300 g/mol. The molecule has 122 valence electrons. The van der Waals surface area contributed by atoms with Crippen LogP contribution in [0.1, 0.15) is 58.3 Å². The van der Waals surface area contributed by atoms with E-state index >= 15 is 0 Å². The van der Waals surface area contributed by atoms with E-state index < -0.39 is 0 Å². The molecule has 22 heavy (non-hydrogen) atoms. The maximum atomic E-state index is 5.45. The summed E-state index contributed by atoms with van der Waals surface area (Å²) in [5.74, 6) is 5.78. The summed E-state index contributed by atoms with van der Waals surface area (Å²) in [5.41, 5.74) is 1.28. The molecule has 0 aromatic rings. The van der Waals surface area contributed by atoms with Crippen molar-refractivity contribution in [3.8, 4) is 0 Å². The van der Waals surface area contributed by atoms with Gasteiger partial charge in [0.25, 0.3) is 0 Å². The van der Waals surface area contributed by atoms with Crippen LogP contribution in [0.4, 0.5) is 0 Å². The smallest absolute Gasteiger partial charge is 0.114 e. The summed E-state index contributed by atoms with van der Waals surface area (Å²) in [6.45, 7) is 6.80. The molecule has 0 heterocycles. The van der Waals surface area contributed by atoms with Gasteiger partial charge in [0.15, 0.2) is 0 Å². The third-order valence-corrected chi connectivity index (χ3v) is 6.59. The second-order valence-electron chi connectivity index (χ2n) is 7.82. The SMILES string of the molecule is C=C1/C=C\C(OC)=C/CCCC2C(CCC3C2CC[C@@H]3C)C1. The molecule has 0 aromatic carbocycles. The van der Waals surface area contributed by atoms with Gasteiger partial charge in [-0.2, -0.15) is 0 Å². The summed E-state index contributed by atoms with van der Waals surface area (Å²) in [6.07, 6.45) is 17.4. The summed E-state index contributed by atoms with van der Waals surface area (Å²) in [6, 6.07) is 0. The van der Waals surface area contributed by atoms with E-state index in [2.05, 4.69) is 31.7 Å². The van der Waals surface area contributed by atoms with Crippen LogP contribution in [0.2, 0.25) is 0 Å². The van der Waals surface area contributed by atoms with E-state index in [0.717, 1.165) is 41.8 Å². The predicted octanol–water partition coefficient (Wildman–Crippen LogP) is 5.89. The van der Waals surface area contributed by atoms with Crippen LogP contribution in [0.5, 0.6) is 0 Å². The first-order chi connectivity index (χ1) is 10.7. The van der Waals surface area contributed by atoms with Crippen LogP contribution >= 0.6 is 0 Å². The van der Waals surface area contributed by atoms with Crippen LogP contribution in [0.25, 0.3) is 0 Å². The first-order valence-corrected chi connectivity index (χ1v) is 9.29. The molecule has 0 spiro atoms. The maximum absolute atomic E-state index is 5.45. The Bertz CT molecular complexity index is 459. The lowest BCUT2D eigenvalue weighted by atomic mass is 9.63. The van der Waals surface area contributed by atoms with Gasteiger partial charge in [0.2, 0.25) is 0 Å². The van der Waals surface area contributed by atoms with Crippen molar-refractivity contribution >= 4 is 0 Å². The molecule has 0 bridgehead atoms. The van der Waals surface area contributed by atoms with E-state index in [4.69, 9.17) is 4.74 Å². The van der Waals surface area contributed by atoms with Crippen LogP contribution in [0.15, 0.2) is 36.1 Å². The molecule has 3 aliphatic rings. The minimum Gasteiger partial charge on any atom is -0.497 e. The fraction of sp³-hybridized carbons (Fsp3) is 0.714. The van der Waals surface area contributed by atoms with Gasteiger partial charge < -0.3 is 4.74 Å².